The first-order valence-corrected chi connectivity index (χ1v) is 4.35. The number of nitrogens with one attached hydrogen (secondary N) is 2. The summed E-state index contributed by atoms with van der Waals surface area (Å²) in [6.07, 6.45) is 1.19. The van der Waals surface area contributed by atoms with E-state index in [1.807, 2.05) is 0 Å². The van der Waals surface area contributed by atoms with Gasteiger partial charge in [-0.05, 0) is 17.8 Å². The summed E-state index contributed by atoms with van der Waals surface area (Å²) in [5.74, 6) is 6.01. The van der Waals surface area contributed by atoms with Crippen molar-refractivity contribution in [3.05, 3.63) is 0 Å². The Morgan fingerprint density at radius 3 is 2.45 bits per heavy atom. The number of hydrazine groups is 1. The topological polar surface area (TPSA) is 50.1 Å². The first-order chi connectivity index (χ1) is 5.21. The zero-order chi connectivity index (χ0) is 8.32. The minimum atomic E-state index is 0.520. The van der Waals surface area contributed by atoms with Crippen molar-refractivity contribution in [3.63, 3.8) is 0 Å². The van der Waals surface area contributed by atoms with Gasteiger partial charge in [0.2, 0.25) is 0 Å². The van der Waals surface area contributed by atoms with E-state index in [0.29, 0.717) is 5.41 Å². The molecule has 1 saturated heterocycles. The van der Waals surface area contributed by atoms with Crippen LogP contribution in [0.15, 0.2) is 0 Å². The van der Waals surface area contributed by atoms with Crippen molar-refractivity contribution in [1.82, 2.24) is 10.7 Å². The molecular weight excluding hydrogens is 138 g/mol. The third-order valence-corrected chi connectivity index (χ3v) is 2.95. The van der Waals surface area contributed by atoms with Crippen LogP contribution in [0.2, 0.25) is 0 Å². The molecule has 1 rings (SSSR count). The summed E-state index contributed by atoms with van der Waals surface area (Å²) in [6.45, 7) is 7.83. The molecule has 0 aromatic carbocycles. The SMILES string of the molecule is CC(C)C1(CCNN)CNC1. The van der Waals surface area contributed by atoms with Crippen molar-refractivity contribution < 1.29 is 0 Å². The van der Waals surface area contributed by atoms with E-state index >= 15 is 0 Å². The maximum absolute atomic E-state index is 5.24. The molecule has 0 aliphatic carbocycles. The summed E-state index contributed by atoms with van der Waals surface area (Å²) < 4.78 is 0. The third-order valence-electron chi connectivity index (χ3n) is 2.95. The Labute approximate surface area is 68.7 Å². The summed E-state index contributed by atoms with van der Waals surface area (Å²) >= 11 is 0. The fourth-order valence-electron chi connectivity index (χ4n) is 1.64. The third kappa shape index (κ3) is 1.72. The summed E-state index contributed by atoms with van der Waals surface area (Å²) in [6, 6.07) is 0. The van der Waals surface area contributed by atoms with Crippen LogP contribution in [-0.4, -0.2) is 19.6 Å². The van der Waals surface area contributed by atoms with E-state index in [1.165, 1.54) is 6.42 Å². The smallest absolute Gasteiger partial charge is 0.0104 e. The van der Waals surface area contributed by atoms with Gasteiger partial charge in [-0.1, -0.05) is 13.8 Å². The fraction of sp³-hybridized carbons (Fsp3) is 1.00. The molecule has 11 heavy (non-hydrogen) atoms. The maximum atomic E-state index is 5.24. The molecule has 0 saturated carbocycles. The average Bonchev–Trinajstić information content (AvgIpc) is 1.85. The molecule has 4 N–H and O–H groups in total. The van der Waals surface area contributed by atoms with Gasteiger partial charge in [0.1, 0.15) is 0 Å². The van der Waals surface area contributed by atoms with Gasteiger partial charge in [0.15, 0.2) is 0 Å². The van der Waals surface area contributed by atoms with Gasteiger partial charge in [0.25, 0.3) is 0 Å². The van der Waals surface area contributed by atoms with Crippen LogP contribution < -0.4 is 16.6 Å². The van der Waals surface area contributed by atoms with Crippen molar-refractivity contribution in [2.75, 3.05) is 19.6 Å². The van der Waals surface area contributed by atoms with E-state index < -0.39 is 0 Å². The molecule has 3 heteroatoms. The average molecular weight is 157 g/mol. The van der Waals surface area contributed by atoms with E-state index in [2.05, 4.69) is 24.6 Å². The lowest BCUT2D eigenvalue weighted by molar-refractivity contribution is 0.0875. The van der Waals surface area contributed by atoms with Gasteiger partial charge >= 0.3 is 0 Å². The Hall–Kier alpha value is -0.120. The molecule has 66 valence electrons. The van der Waals surface area contributed by atoms with Gasteiger partial charge in [-0.25, -0.2) is 0 Å². The highest BCUT2D eigenvalue weighted by atomic mass is 15.2. The second-order valence-corrected chi connectivity index (χ2v) is 3.82. The van der Waals surface area contributed by atoms with Crippen molar-refractivity contribution >= 4 is 0 Å². The van der Waals surface area contributed by atoms with Gasteiger partial charge in [0.05, 0.1) is 0 Å². The molecule has 1 heterocycles. The van der Waals surface area contributed by atoms with Crippen LogP contribution in [0, 0.1) is 11.3 Å². The number of hydrogen-bond donors (Lipinski definition) is 3. The highest BCUT2D eigenvalue weighted by Gasteiger charge is 2.38. The van der Waals surface area contributed by atoms with Crippen molar-refractivity contribution in [2.45, 2.75) is 20.3 Å². The Balaban J connectivity index is 2.34. The van der Waals surface area contributed by atoms with Gasteiger partial charge in [0, 0.05) is 19.6 Å². The molecule has 1 aliphatic heterocycles. The standard InChI is InChI=1S/C8H19N3/c1-7(2)8(3-4-11-9)5-10-6-8/h7,10-11H,3-6,9H2,1-2H3. The Morgan fingerprint density at radius 1 is 1.55 bits per heavy atom. The molecule has 0 spiro atoms. The largest absolute Gasteiger partial charge is 0.316 e. The maximum Gasteiger partial charge on any atom is 0.0104 e. The van der Waals surface area contributed by atoms with E-state index in [-0.39, 0.29) is 0 Å². The highest BCUT2D eigenvalue weighted by Crippen LogP contribution is 2.34. The first-order valence-electron chi connectivity index (χ1n) is 4.35. The quantitative estimate of drug-likeness (QED) is 0.400. The summed E-state index contributed by atoms with van der Waals surface area (Å²) in [5, 5.41) is 3.32. The van der Waals surface area contributed by atoms with E-state index in [4.69, 9.17) is 5.84 Å². The second-order valence-electron chi connectivity index (χ2n) is 3.82. The van der Waals surface area contributed by atoms with Crippen LogP contribution in [-0.2, 0) is 0 Å². The van der Waals surface area contributed by atoms with Crippen LogP contribution in [0.3, 0.4) is 0 Å². The molecule has 0 atom stereocenters. The molecule has 0 aromatic heterocycles. The van der Waals surface area contributed by atoms with Gasteiger partial charge < -0.3 is 5.32 Å². The number of rotatable bonds is 4. The lowest BCUT2D eigenvalue weighted by Gasteiger charge is -2.46. The predicted molar refractivity (Wildman–Crippen MR) is 46.9 cm³/mol. The lowest BCUT2D eigenvalue weighted by atomic mass is 9.70. The fourth-order valence-corrected chi connectivity index (χ4v) is 1.64. The summed E-state index contributed by atoms with van der Waals surface area (Å²) in [5.41, 5.74) is 3.24. The van der Waals surface area contributed by atoms with Gasteiger partial charge in [-0.2, -0.15) is 0 Å². The highest BCUT2D eigenvalue weighted by molar-refractivity contribution is 4.94. The molecular formula is C8H19N3. The number of nitrogens with two attached hydrogens (primary N) is 1. The van der Waals surface area contributed by atoms with Crippen molar-refractivity contribution in [2.24, 2.45) is 17.2 Å². The molecule has 0 amide bonds. The Bertz CT molecular complexity index is 119. The molecule has 0 aromatic rings. The van der Waals surface area contributed by atoms with E-state index in [9.17, 15) is 0 Å². The Morgan fingerprint density at radius 2 is 2.18 bits per heavy atom. The van der Waals surface area contributed by atoms with Crippen molar-refractivity contribution in [3.8, 4) is 0 Å². The van der Waals surface area contributed by atoms with Crippen LogP contribution in [0.25, 0.3) is 0 Å². The van der Waals surface area contributed by atoms with E-state index in [0.717, 1.165) is 25.6 Å². The minimum Gasteiger partial charge on any atom is -0.316 e. The van der Waals surface area contributed by atoms with Crippen LogP contribution >= 0.6 is 0 Å². The van der Waals surface area contributed by atoms with Crippen LogP contribution in [0.5, 0.6) is 0 Å². The van der Waals surface area contributed by atoms with Gasteiger partial charge in [-0.15, -0.1) is 0 Å². The number of hydrogen-bond acceptors (Lipinski definition) is 3. The summed E-state index contributed by atoms with van der Waals surface area (Å²) in [4.78, 5) is 0. The zero-order valence-corrected chi connectivity index (χ0v) is 7.48. The van der Waals surface area contributed by atoms with Gasteiger partial charge in [-0.3, -0.25) is 11.3 Å². The monoisotopic (exact) mass is 157 g/mol. The molecule has 1 fully saturated rings. The molecule has 0 radical (unpaired) electrons. The minimum absolute atomic E-state index is 0.520. The Kier molecular flexibility index (Phi) is 2.87. The van der Waals surface area contributed by atoms with Crippen LogP contribution in [0.4, 0.5) is 0 Å². The predicted octanol–water partition coefficient (Wildman–Crippen LogP) is 0.0854. The van der Waals surface area contributed by atoms with E-state index in [1.54, 1.807) is 0 Å². The normalized spacial score (nSPS) is 21.8. The molecule has 0 bridgehead atoms. The molecule has 3 nitrogen and oxygen atoms in total. The first kappa shape index (κ1) is 8.97. The lowest BCUT2D eigenvalue weighted by Crippen LogP contribution is -2.57. The summed E-state index contributed by atoms with van der Waals surface area (Å²) in [7, 11) is 0. The van der Waals surface area contributed by atoms with Crippen LogP contribution in [0.1, 0.15) is 20.3 Å². The molecule has 1 aliphatic rings. The second kappa shape index (κ2) is 3.52. The zero-order valence-electron chi connectivity index (χ0n) is 7.48. The molecule has 0 unspecified atom stereocenters. The van der Waals surface area contributed by atoms with Crippen molar-refractivity contribution in [1.29, 1.82) is 0 Å².